The molecule has 1 spiro atoms. The van der Waals surface area contributed by atoms with Gasteiger partial charge in [0, 0.05) is 54.7 Å². The van der Waals surface area contributed by atoms with Gasteiger partial charge in [0.05, 0.1) is 39.1 Å². The van der Waals surface area contributed by atoms with Crippen LogP contribution in [0.4, 0.5) is 0 Å². The van der Waals surface area contributed by atoms with Gasteiger partial charge in [0.1, 0.15) is 22.8 Å². The number of hydrogen-bond acceptors (Lipinski definition) is 11. The summed E-state index contributed by atoms with van der Waals surface area (Å²) in [7, 11) is 0.713. The van der Waals surface area contributed by atoms with Crippen molar-refractivity contribution in [3.63, 3.8) is 0 Å². The lowest BCUT2D eigenvalue weighted by atomic mass is 9.65. The lowest BCUT2D eigenvalue weighted by Gasteiger charge is -2.66. The maximum absolute atomic E-state index is 15.4. The van der Waals surface area contributed by atoms with Crippen LogP contribution in [-0.2, 0) is 20.4 Å². The first-order chi connectivity index (χ1) is 23.1. The smallest absolute Gasteiger partial charge is 0.284 e. The van der Waals surface area contributed by atoms with Crippen molar-refractivity contribution in [1.29, 1.82) is 5.26 Å². The maximum Gasteiger partial charge on any atom is 0.284 e. The first-order valence-electron chi connectivity index (χ1n) is 16.5. The van der Waals surface area contributed by atoms with E-state index in [4.69, 9.17) is 14.2 Å². The molecule has 12 nitrogen and oxygen atoms in total. The summed E-state index contributed by atoms with van der Waals surface area (Å²) < 4.78 is 46.9. The van der Waals surface area contributed by atoms with Gasteiger partial charge in [-0.05, 0) is 82.4 Å². The minimum absolute atomic E-state index is 0.00659. The normalized spacial score (nSPS) is 27.5. The van der Waals surface area contributed by atoms with Crippen molar-refractivity contribution >= 4 is 15.9 Å². The Morgan fingerprint density at radius 3 is 2.38 bits per heavy atom. The SMILES string of the molecule is CCOc1ccc(OC)cc1C1(N2CC3(CN(C4CCN(C)CC4)C3)C2)C(=O)N(S(=O)(=O)c2ccc(OC)cn2)C2C=C(C#N)C=CC21. The molecule has 0 N–H and O–H groups in total. The summed E-state index contributed by atoms with van der Waals surface area (Å²) in [6.45, 7) is 7.52. The average molecular weight is 675 g/mol. The Morgan fingerprint density at radius 1 is 1.04 bits per heavy atom. The summed E-state index contributed by atoms with van der Waals surface area (Å²) in [5.41, 5.74) is -0.626. The van der Waals surface area contributed by atoms with Gasteiger partial charge in [-0.15, -0.1) is 0 Å². The van der Waals surface area contributed by atoms with E-state index < -0.39 is 33.4 Å². The minimum Gasteiger partial charge on any atom is -0.497 e. The van der Waals surface area contributed by atoms with E-state index in [2.05, 4.69) is 32.8 Å². The number of rotatable bonds is 9. The number of nitriles is 1. The molecule has 4 fully saturated rings. The largest absolute Gasteiger partial charge is 0.497 e. The Kier molecular flexibility index (Phi) is 8.26. The third-order valence-electron chi connectivity index (χ3n) is 10.8. The van der Waals surface area contributed by atoms with Gasteiger partial charge >= 0.3 is 0 Å². The number of sulfonamides is 1. The van der Waals surface area contributed by atoms with Crippen molar-refractivity contribution in [2.75, 3.05) is 67.1 Å². The van der Waals surface area contributed by atoms with E-state index in [1.165, 1.54) is 25.4 Å². The fraction of sp³-hybridized carbons (Fsp3) is 0.514. The molecular weight excluding hydrogens is 632 g/mol. The van der Waals surface area contributed by atoms with Crippen molar-refractivity contribution in [1.82, 2.24) is 24.0 Å². The van der Waals surface area contributed by atoms with Crippen LogP contribution in [0.5, 0.6) is 17.2 Å². The molecule has 48 heavy (non-hydrogen) atoms. The monoisotopic (exact) mass is 674 g/mol. The van der Waals surface area contributed by atoms with Gasteiger partial charge in [0.25, 0.3) is 15.9 Å². The molecule has 5 aliphatic rings. The highest BCUT2D eigenvalue weighted by atomic mass is 32.2. The molecule has 13 heteroatoms. The second-order valence-electron chi connectivity index (χ2n) is 13.6. The van der Waals surface area contributed by atoms with Gasteiger partial charge in [0.2, 0.25) is 0 Å². The first-order valence-corrected chi connectivity index (χ1v) is 17.9. The minimum atomic E-state index is -4.48. The standard InChI is InChI=1S/C35H42N6O6S/c1-5-47-31-10-7-26(45-3)17-29(31)35(40-22-34(23-40)20-39(21-34)25-12-14-38(2)15-13-25)28-9-6-24(18-36)16-30(28)41(33(35)42)48(43,44)32-11-8-27(46-4)19-37-32/h6-11,16-17,19,25,28,30H,5,12-15,20-23H2,1-4H3. The first kappa shape index (κ1) is 32.6. The Morgan fingerprint density at radius 2 is 1.75 bits per heavy atom. The molecule has 3 unspecified atom stereocenters. The number of hydrogen-bond donors (Lipinski definition) is 0. The molecule has 1 aromatic heterocycles. The molecular formula is C35H42N6O6S. The molecule has 4 aliphatic heterocycles. The zero-order valence-corrected chi connectivity index (χ0v) is 28.6. The molecule has 2 aromatic rings. The van der Waals surface area contributed by atoms with Gasteiger partial charge in [-0.1, -0.05) is 6.08 Å². The number of methoxy groups -OCH3 is 2. The van der Waals surface area contributed by atoms with E-state index in [0.29, 0.717) is 48.6 Å². The van der Waals surface area contributed by atoms with Crippen molar-refractivity contribution in [3.05, 3.63) is 65.9 Å². The van der Waals surface area contributed by atoms with Gasteiger partial charge in [-0.25, -0.2) is 9.29 Å². The number of aromatic nitrogens is 1. The number of carbonyl (C=O) groups is 1. The molecule has 0 radical (unpaired) electrons. The van der Waals surface area contributed by atoms with Crippen molar-refractivity contribution in [2.24, 2.45) is 11.3 Å². The number of fused-ring (bicyclic) bond motifs is 1. The number of benzene rings is 1. The number of nitrogens with zero attached hydrogens (tertiary/aromatic N) is 6. The number of likely N-dealkylation sites (tertiary alicyclic amines) is 3. The molecule has 7 rings (SSSR count). The van der Waals surface area contributed by atoms with E-state index >= 15 is 4.79 Å². The third kappa shape index (κ3) is 5.00. The van der Waals surface area contributed by atoms with Crippen LogP contribution >= 0.6 is 0 Å². The Labute approximate surface area is 282 Å². The predicted octanol–water partition coefficient (Wildman–Crippen LogP) is 2.64. The van der Waals surface area contributed by atoms with Crippen LogP contribution in [0.25, 0.3) is 0 Å². The van der Waals surface area contributed by atoms with E-state index in [1.54, 1.807) is 37.5 Å². The molecule has 0 bridgehead atoms. The molecule has 254 valence electrons. The molecule has 3 atom stereocenters. The Bertz CT molecular complexity index is 1780. The number of ether oxygens (including phenoxy) is 3. The summed E-state index contributed by atoms with van der Waals surface area (Å²) in [5, 5.41) is 9.61. The van der Waals surface area contributed by atoms with Crippen LogP contribution in [0.15, 0.2) is 65.4 Å². The summed E-state index contributed by atoms with van der Waals surface area (Å²) in [5.74, 6) is 0.128. The number of carbonyl (C=O) groups excluding carboxylic acids is 1. The van der Waals surface area contributed by atoms with E-state index in [9.17, 15) is 13.7 Å². The van der Waals surface area contributed by atoms with Crippen LogP contribution in [0.2, 0.25) is 0 Å². The van der Waals surface area contributed by atoms with Crippen LogP contribution in [0.3, 0.4) is 0 Å². The third-order valence-corrected chi connectivity index (χ3v) is 12.5. The number of piperidine rings is 1. The molecule has 0 saturated carbocycles. The fourth-order valence-electron chi connectivity index (χ4n) is 8.47. The van der Waals surface area contributed by atoms with Crippen molar-refractivity contribution in [2.45, 2.75) is 42.4 Å². The quantitative estimate of drug-likeness (QED) is 0.390. The van der Waals surface area contributed by atoms with Gasteiger partial charge < -0.3 is 19.1 Å². The van der Waals surface area contributed by atoms with Crippen LogP contribution in [0.1, 0.15) is 25.3 Å². The topological polar surface area (TPSA) is 129 Å². The van der Waals surface area contributed by atoms with Gasteiger partial charge in [-0.2, -0.15) is 13.7 Å². The van der Waals surface area contributed by atoms with E-state index in [0.717, 1.165) is 43.3 Å². The van der Waals surface area contributed by atoms with Crippen LogP contribution < -0.4 is 14.2 Å². The molecule has 1 aliphatic carbocycles. The second kappa shape index (κ2) is 12.2. The summed E-state index contributed by atoms with van der Waals surface area (Å²) in [6.07, 6.45) is 8.71. The zero-order chi connectivity index (χ0) is 33.8. The fourth-order valence-corrected chi connectivity index (χ4v) is 9.97. The number of amides is 1. The lowest BCUT2D eigenvalue weighted by Crippen LogP contribution is -2.78. The van der Waals surface area contributed by atoms with E-state index in [1.807, 2.05) is 13.0 Å². The summed E-state index contributed by atoms with van der Waals surface area (Å²) in [4.78, 5) is 26.6. The molecule has 1 amide bonds. The average Bonchev–Trinajstić information content (AvgIpc) is 3.32. The Balaban J connectivity index is 1.33. The molecule has 5 heterocycles. The van der Waals surface area contributed by atoms with Gasteiger partial charge in [-0.3, -0.25) is 14.6 Å². The van der Waals surface area contributed by atoms with Crippen LogP contribution in [0, 0.1) is 22.7 Å². The van der Waals surface area contributed by atoms with Crippen molar-refractivity contribution in [3.8, 4) is 23.3 Å². The van der Waals surface area contributed by atoms with E-state index in [-0.39, 0.29) is 16.0 Å². The summed E-state index contributed by atoms with van der Waals surface area (Å²) in [6, 6.07) is 9.94. The second-order valence-corrected chi connectivity index (χ2v) is 15.4. The number of pyridine rings is 1. The highest BCUT2D eigenvalue weighted by Gasteiger charge is 2.70. The molecule has 1 aromatic carbocycles. The lowest BCUT2D eigenvalue weighted by molar-refractivity contribution is -0.181. The number of allylic oxidation sites excluding steroid dienone is 2. The summed E-state index contributed by atoms with van der Waals surface area (Å²) >= 11 is 0. The van der Waals surface area contributed by atoms with Crippen LogP contribution in [-0.4, -0.2) is 118 Å². The zero-order valence-electron chi connectivity index (χ0n) is 27.8. The Hall–Kier alpha value is -3.96. The molecule has 4 saturated heterocycles. The highest BCUT2D eigenvalue weighted by Crippen LogP contribution is 2.58. The van der Waals surface area contributed by atoms with Crippen molar-refractivity contribution < 1.29 is 27.4 Å². The maximum atomic E-state index is 15.4. The van der Waals surface area contributed by atoms with Gasteiger partial charge in [0.15, 0.2) is 5.03 Å². The highest BCUT2D eigenvalue weighted by molar-refractivity contribution is 7.89. The predicted molar refractivity (Wildman–Crippen MR) is 177 cm³/mol.